The van der Waals surface area contributed by atoms with Crippen LogP contribution < -0.4 is 0 Å². The highest BCUT2D eigenvalue weighted by Gasteiger charge is 2.33. The van der Waals surface area contributed by atoms with Gasteiger partial charge in [-0.25, -0.2) is 0 Å². The van der Waals surface area contributed by atoms with E-state index in [1.54, 1.807) is 24.1 Å². The van der Waals surface area contributed by atoms with Crippen molar-refractivity contribution in [3.63, 3.8) is 0 Å². The van der Waals surface area contributed by atoms with Crippen molar-refractivity contribution in [1.82, 2.24) is 14.4 Å². The summed E-state index contributed by atoms with van der Waals surface area (Å²) in [5.41, 5.74) is 4.01. The van der Waals surface area contributed by atoms with E-state index in [2.05, 4.69) is 54.9 Å². The molecule has 0 saturated heterocycles. The van der Waals surface area contributed by atoms with Gasteiger partial charge in [-0.3, -0.25) is 9.59 Å². The summed E-state index contributed by atoms with van der Waals surface area (Å²) in [7, 11) is 1.60. The molecule has 1 aliphatic heterocycles. The topological polar surface area (TPSA) is 54.8 Å². The average molecular weight is 460 g/mol. The van der Waals surface area contributed by atoms with Gasteiger partial charge < -0.3 is 19.1 Å². The number of fused-ring (bicyclic) bond motifs is 1. The Labute approximate surface area is 201 Å². The van der Waals surface area contributed by atoms with Gasteiger partial charge in [0.2, 0.25) is 5.91 Å². The number of methoxy groups -OCH3 is 1. The smallest absolute Gasteiger partial charge is 0.254 e. The van der Waals surface area contributed by atoms with Gasteiger partial charge in [-0.2, -0.15) is 0 Å². The second-order valence-corrected chi connectivity index (χ2v) is 9.02. The Hall–Kier alpha value is -3.38. The molecule has 6 heteroatoms. The molecule has 6 nitrogen and oxygen atoms in total. The lowest BCUT2D eigenvalue weighted by Gasteiger charge is -2.38. The third kappa shape index (κ3) is 5.07. The summed E-state index contributed by atoms with van der Waals surface area (Å²) in [6, 6.07) is 21.6. The Kier molecular flexibility index (Phi) is 7.48. The van der Waals surface area contributed by atoms with Gasteiger partial charge in [-0.1, -0.05) is 56.3 Å². The second-order valence-electron chi connectivity index (χ2n) is 9.02. The number of hydrogen-bond acceptors (Lipinski definition) is 3. The van der Waals surface area contributed by atoms with E-state index in [0.29, 0.717) is 31.2 Å². The highest BCUT2D eigenvalue weighted by molar-refractivity contribution is 5.96. The van der Waals surface area contributed by atoms with Crippen molar-refractivity contribution in [2.24, 2.45) is 0 Å². The molecule has 0 saturated carbocycles. The zero-order valence-corrected chi connectivity index (χ0v) is 20.2. The highest BCUT2D eigenvalue weighted by Crippen LogP contribution is 2.33. The molecule has 34 heavy (non-hydrogen) atoms. The van der Waals surface area contributed by atoms with Crippen LogP contribution in [0, 0.1) is 0 Å². The predicted molar refractivity (Wildman–Crippen MR) is 133 cm³/mol. The van der Waals surface area contributed by atoms with Gasteiger partial charge in [-0.15, -0.1) is 0 Å². The first kappa shape index (κ1) is 23.8. The molecule has 0 aliphatic carbocycles. The van der Waals surface area contributed by atoms with Crippen LogP contribution in [-0.2, 0) is 16.1 Å². The van der Waals surface area contributed by atoms with Crippen LogP contribution in [0.4, 0.5) is 0 Å². The maximum Gasteiger partial charge on any atom is 0.254 e. The Balaban J connectivity index is 1.61. The van der Waals surface area contributed by atoms with Crippen LogP contribution in [0.1, 0.15) is 53.0 Å². The van der Waals surface area contributed by atoms with E-state index in [4.69, 9.17) is 4.74 Å². The molecule has 0 radical (unpaired) electrons. The van der Waals surface area contributed by atoms with E-state index in [0.717, 1.165) is 17.8 Å². The van der Waals surface area contributed by atoms with E-state index in [1.165, 1.54) is 5.56 Å². The summed E-state index contributed by atoms with van der Waals surface area (Å²) in [4.78, 5) is 30.4. The third-order valence-electron chi connectivity index (χ3n) is 6.48. The van der Waals surface area contributed by atoms with Gasteiger partial charge in [-0.05, 0) is 41.3 Å². The number of amides is 2. The summed E-state index contributed by atoms with van der Waals surface area (Å²) in [6.07, 6.45) is 2.07. The van der Waals surface area contributed by atoms with Gasteiger partial charge in [0.15, 0.2) is 0 Å². The Morgan fingerprint density at radius 3 is 2.41 bits per heavy atom. The second kappa shape index (κ2) is 10.7. The molecule has 0 spiro atoms. The van der Waals surface area contributed by atoms with Gasteiger partial charge in [0, 0.05) is 44.2 Å². The standard InChI is InChI=1S/C28H33N3O3/c1-21(2)22-11-13-23(14-12-22)27-25-10-7-15-29(25)16-17-31(27)26(32)20-30(18-19-34-3)28(33)24-8-5-4-6-9-24/h4-15,21,27H,16-20H2,1-3H3. The number of benzene rings is 2. The quantitative estimate of drug-likeness (QED) is 0.504. The predicted octanol–water partition coefficient (Wildman–Crippen LogP) is 4.33. The zero-order valence-electron chi connectivity index (χ0n) is 20.2. The van der Waals surface area contributed by atoms with Crippen LogP contribution in [0.5, 0.6) is 0 Å². The fourth-order valence-electron chi connectivity index (χ4n) is 4.54. The summed E-state index contributed by atoms with van der Waals surface area (Å²) in [5, 5.41) is 0. The summed E-state index contributed by atoms with van der Waals surface area (Å²) in [5.74, 6) is 0.218. The number of carbonyl (C=O) groups is 2. The maximum atomic E-state index is 13.7. The lowest BCUT2D eigenvalue weighted by atomic mass is 9.95. The zero-order chi connectivity index (χ0) is 24.1. The SMILES string of the molecule is COCCN(CC(=O)N1CCn2cccc2C1c1ccc(C(C)C)cc1)C(=O)c1ccccc1. The maximum absolute atomic E-state index is 13.7. The summed E-state index contributed by atoms with van der Waals surface area (Å²) in [6.45, 7) is 6.42. The summed E-state index contributed by atoms with van der Waals surface area (Å²) >= 11 is 0. The van der Waals surface area contributed by atoms with Crippen molar-refractivity contribution in [3.8, 4) is 0 Å². The molecular weight excluding hydrogens is 426 g/mol. The Morgan fingerprint density at radius 1 is 1.00 bits per heavy atom. The first-order chi connectivity index (χ1) is 16.5. The minimum atomic E-state index is -0.187. The van der Waals surface area contributed by atoms with Crippen molar-refractivity contribution in [2.75, 3.05) is 33.4 Å². The van der Waals surface area contributed by atoms with Gasteiger partial charge in [0.05, 0.1) is 12.6 Å². The number of ether oxygens (including phenoxy) is 1. The molecule has 2 aromatic carbocycles. The molecule has 3 aromatic rings. The molecule has 0 fully saturated rings. The number of aromatic nitrogens is 1. The molecular formula is C28H33N3O3. The van der Waals surface area contributed by atoms with Crippen molar-refractivity contribution >= 4 is 11.8 Å². The summed E-state index contributed by atoms with van der Waals surface area (Å²) < 4.78 is 7.43. The fourth-order valence-corrected chi connectivity index (χ4v) is 4.54. The number of nitrogens with zero attached hydrogens (tertiary/aromatic N) is 3. The third-order valence-corrected chi connectivity index (χ3v) is 6.48. The number of rotatable bonds is 8. The average Bonchev–Trinajstić information content (AvgIpc) is 3.35. The molecule has 2 amide bonds. The van der Waals surface area contributed by atoms with Gasteiger partial charge in [0.1, 0.15) is 6.54 Å². The van der Waals surface area contributed by atoms with Gasteiger partial charge >= 0.3 is 0 Å². The Bertz CT molecular complexity index is 1110. The first-order valence-corrected chi connectivity index (χ1v) is 11.9. The monoisotopic (exact) mass is 459 g/mol. The molecule has 1 aliphatic rings. The van der Waals surface area contributed by atoms with Crippen LogP contribution >= 0.6 is 0 Å². The fraction of sp³-hybridized carbons (Fsp3) is 0.357. The minimum absolute atomic E-state index is 0.0123. The van der Waals surface area contributed by atoms with Crippen molar-refractivity contribution in [3.05, 3.63) is 95.3 Å². The van der Waals surface area contributed by atoms with E-state index in [9.17, 15) is 9.59 Å². The molecule has 4 rings (SSSR count). The van der Waals surface area contributed by atoms with E-state index in [1.807, 2.05) is 29.2 Å². The molecule has 0 N–H and O–H groups in total. The lowest BCUT2D eigenvalue weighted by molar-refractivity contribution is -0.134. The van der Waals surface area contributed by atoms with Crippen molar-refractivity contribution in [2.45, 2.75) is 32.4 Å². The molecule has 1 unspecified atom stereocenters. The molecule has 1 aromatic heterocycles. The normalized spacial score (nSPS) is 15.3. The van der Waals surface area contributed by atoms with Crippen LogP contribution in [0.2, 0.25) is 0 Å². The van der Waals surface area contributed by atoms with Crippen LogP contribution in [0.15, 0.2) is 72.9 Å². The molecule has 2 heterocycles. The molecule has 1 atom stereocenters. The highest BCUT2D eigenvalue weighted by atomic mass is 16.5. The van der Waals surface area contributed by atoms with Crippen molar-refractivity contribution < 1.29 is 14.3 Å². The van der Waals surface area contributed by atoms with E-state index < -0.39 is 0 Å². The van der Waals surface area contributed by atoms with E-state index >= 15 is 0 Å². The largest absolute Gasteiger partial charge is 0.383 e. The lowest BCUT2D eigenvalue weighted by Crippen LogP contribution is -2.48. The number of carbonyl (C=O) groups excluding carboxylic acids is 2. The van der Waals surface area contributed by atoms with Gasteiger partial charge in [0.25, 0.3) is 5.91 Å². The van der Waals surface area contributed by atoms with Crippen molar-refractivity contribution in [1.29, 1.82) is 0 Å². The molecule has 178 valence electrons. The molecule has 0 bridgehead atoms. The van der Waals surface area contributed by atoms with Crippen LogP contribution in [0.25, 0.3) is 0 Å². The minimum Gasteiger partial charge on any atom is -0.383 e. The Morgan fingerprint density at radius 2 is 1.74 bits per heavy atom. The van der Waals surface area contributed by atoms with E-state index in [-0.39, 0.29) is 24.4 Å². The first-order valence-electron chi connectivity index (χ1n) is 11.9. The number of hydrogen-bond donors (Lipinski definition) is 0. The van der Waals surface area contributed by atoms with Crippen LogP contribution in [-0.4, -0.2) is 59.5 Å². The van der Waals surface area contributed by atoms with Crippen LogP contribution in [0.3, 0.4) is 0 Å².